The van der Waals surface area contributed by atoms with E-state index in [0.717, 1.165) is 62.3 Å². The zero-order chi connectivity index (χ0) is 26.0. The monoisotopic (exact) mass is 521 g/mol. The van der Waals surface area contributed by atoms with Crippen LogP contribution in [0.3, 0.4) is 0 Å². The number of amides is 1. The van der Waals surface area contributed by atoms with E-state index >= 15 is 0 Å². The molecule has 0 aromatic heterocycles. The first-order chi connectivity index (χ1) is 17.2. The van der Waals surface area contributed by atoms with Crippen molar-refractivity contribution in [1.82, 2.24) is 31.1 Å². The van der Waals surface area contributed by atoms with Crippen molar-refractivity contribution in [2.45, 2.75) is 70.3 Å². The van der Waals surface area contributed by atoms with Crippen LogP contribution in [0.1, 0.15) is 46.0 Å². The number of rotatable bonds is 6. The molecule has 2 saturated heterocycles. The lowest BCUT2D eigenvalue weighted by atomic mass is 9.73. The molecule has 0 radical (unpaired) electrons. The number of hydrogen-bond acceptors (Lipinski definition) is 8. The number of piperidine rings is 1. The summed E-state index contributed by atoms with van der Waals surface area (Å²) in [5.74, 6) is -0.571. The maximum absolute atomic E-state index is 13.9. The standard InChI is InChI=1S/C26H44ClN7O2/c1-5-26(6-2)12-17-23(24(28)32-22(26)11-16(27)13-30-17)25(36)31-18-14-29-9-7-19(18)34-10-8-20(33(3)4)21(35)15-34/h17,20-21,23-24,29-30,32,35H,5-10,12-15,28H2,1-4H3,(H,31,36)/t11?,17?,20-,21-,23?,24?/m0/s1. The van der Waals surface area contributed by atoms with Gasteiger partial charge in [0.1, 0.15) is 0 Å². The second-order valence-corrected chi connectivity index (χ2v) is 11.4. The van der Waals surface area contributed by atoms with Crippen molar-refractivity contribution < 1.29 is 9.90 Å². The van der Waals surface area contributed by atoms with E-state index in [0.29, 0.717) is 24.7 Å². The first kappa shape index (κ1) is 27.5. The first-order valence-electron chi connectivity index (χ1n) is 13.4. The lowest BCUT2D eigenvalue weighted by molar-refractivity contribution is -0.126. The fourth-order valence-electron chi connectivity index (χ4n) is 6.45. The molecular formula is C26H44ClN7O2. The Kier molecular flexibility index (Phi) is 8.72. The summed E-state index contributed by atoms with van der Waals surface area (Å²) in [6.45, 7) is 7.67. The van der Waals surface area contributed by atoms with Crippen LogP contribution in [0.15, 0.2) is 27.9 Å². The number of hydrogen-bond donors (Lipinski definition) is 6. The second kappa shape index (κ2) is 11.4. The maximum atomic E-state index is 13.9. The van der Waals surface area contributed by atoms with Crippen LogP contribution in [0.4, 0.5) is 0 Å². The number of likely N-dealkylation sites (tertiary alicyclic amines) is 1. The highest BCUT2D eigenvalue weighted by Crippen LogP contribution is 2.43. The van der Waals surface area contributed by atoms with Gasteiger partial charge in [0.2, 0.25) is 5.91 Å². The summed E-state index contributed by atoms with van der Waals surface area (Å²) in [4.78, 5) is 18.2. The van der Waals surface area contributed by atoms with Crippen LogP contribution < -0.4 is 27.0 Å². The molecule has 202 valence electrons. The lowest BCUT2D eigenvalue weighted by Crippen LogP contribution is -2.57. The van der Waals surface area contributed by atoms with E-state index in [9.17, 15) is 9.90 Å². The van der Waals surface area contributed by atoms with Gasteiger partial charge >= 0.3 is 0 Å². The van der Waals surface area contributed by atoms with E-state index < -0.39 is 18.2 Å². The number of aliphatic hydroxyl groups excluding tert-OH is 1. The number of nitrogens with one attached hydrogen (secondary N) is 4. The van der Waals surface area contributed by atoms with E-state index in [4.69, 9.17) is 17.3 Å². The third kappa shape index (κ3) is 5.48. The Morgan fingerprint density at radius 2 is 2.08 bits per heavy atom. The summed E-state index contributed by atoms with van der Waals surface area (Å²) in [7, 11) is 4.03. The van der Waals surface area contributed by atoms with Crippen molar-refractivity contribution in [2.24, 2.45) is 17.1 Å². The molecule has 7 N–H and O–H groups in total. The van der Waals surface area contributed by atoms with E-state index in [1.54, 1.807) is 0 Å². The van der Waals surface area contributed by atoms with E-state index in [1.165, 1.54) is 0 Å². The van der Waals surface area contributed by atoms with Crippen LogP contribution >= 0.6 is 11.6 Å². The predicted octanol–water partition coefficient (Wildman–Crippen LogP) is 0.582. The first-order valence-corrected chi connectivity index (χ1v) is 13.8. The Hall–Kier alpha value is -1.58. The van der Waals surface area contributed by atoms with E-state index in [-0.39, 0.29) is 23.4 Å². The Labute approximate surface area is 220 Å². The van der Waals surface area contributed by atoms with Crippen LogP contribution in [0, 0.1) is 11.3 Å². The Balaban J connectivity index is 1.58. The van der Waals surface area contributed by atoms with E-state index in [1.807, 2.05) is 14.1 Å². The summed E-state index contributed by atoms with van der Waals surface area (Å²) in [6.07, 6.45) is 3.31. The summed E-state index contributed by atoms with van der Waals surface area (Å²) < 4.78 is 0. The summed E-state index contributed by atoms with van der Waals surface area (Å²) in [5, 5.41) is 25.0. The zero-order valence-electron chi connectivity index (χ0n) is 22.2. The molecule has 0 aliphatic carbocycles. The van der Waals surface area contributed by atoms with Gasteiger partial charge in [-0.1, -0.05) is 31.2 Å². The fraction of sp³-hybridized carbons (Fsp3) is 0.769. The number of carbonyl (C=O) groups excluding carboxylic acids is 1. The van der Waals surface area contributed by atoms with Gasteiger partial charge in [-0.25, -0.2) is 0 Å². The van der Waals surface area contributed by atoms with Crippen molar-refractivity contribution in [3.05, 3.63) is 27.9 Å². The molecule has 2 fully saturated rings. The second-order valence-electron chi connectivity index (χ2n) is 11.0. The topological polar surface area (TPSA) is 118 Å². The number of nitrogens with two attached hydrogens (primary N) is 1. The van der Waals surface area contributed by atoms with Gasteiger partial charge in [-0.15, -0.1) is 0 Å². The molecule has 0 spiro atoms. The molecule has 0 saturated carbocycles. The number of halogens is 1. The average Bonchev–Trinajstić information content (AvgIpc) is 2.91. The summed E-state index contributed by atoms with van der Waals surface area (Å²) >= 11 is 6.47. The minimum atomic E-state index is -0.564. The number of aliphatic hydroxyl groups is 1. The van der Waals surface area contributed by atoms with Crippen LogP contribution in [0.5, 0.6) is 0 Å². The molecule has 4 aliphatic rings. The Bertz CT molecular complexity index is 925. The average molecular weight is 522 g/mol. The Morgan fingerprint density at radius 1 is 1.33 bits per heavy atom. The van der Waals surface area contributed by atoms with Crippen LogP contribution in [0.25, 0.3) is 0 Å². The summed E-state index contributed by atoms with van der Waals surface area (Å²) in [6, 6.07) is 0.0251. The van der Waals surface area contributed by atoms with Crippen LogP contribution in [0.2, 0.25) is 0 Å². The van der Waals surface area contributed by atoms with Gasteiger partial charge < -0.3 is 41.9 Å². The number of nitrogens with zero attached hydrogens (tertiary/aromatic N) is 2. The minimum Gasteiger partial charge on any atom is -0.390 e. The van der Waals surface area contributed by atoms with Crippen molar-refractivity contribution >= 4 is 17.5 Å². The number of fused-ring (bicyclic) bond motifs is 3. The summed E-state index contributed by atoms with van der Waals surface area (Å²) in [5.41, 5.74) is 12.8. The largest absolute Gasteiger partial charge is 0.390 e. The van der Waals surface area contributed by atoms with Gasteiger partial charge in [0.05, 0.1) is 34.6 Å². The highest BCUT2D eigenvalue weighted by Gasteiger charge is 2.46. The molecule has 0 aromatic carbocycles. The molecule has 5 atom stereocenters. The molecule has 10 heteroatoms. The molecule has 2 bridgehead atoms. The lowest BCUT2D eigenvalue weighted by Gasteiger charge is -2.42. The SMILES string of the molecule is CCC1(CC)CC2NCC(Cl)=C=C1NC(N)C2C(=O)NC1=C(N2CC[C@H](N(C)C)[C@@H](O)C2)CCNC1. The van der Waals surface area contributed by atoms with Gasteiger partial charge in [-0.2, -0.15) is 0 Å². The normalized spacial score (nSPS) is 32.8. The molecule has 0 aromatic rings. The quantitative estimate of drug-likeness (QED) is 0.281. The van der Waals surface area contributed by atoms with Crippen LogP contribution in [-0.2, 0) is 4.79 Å². The Morgan fingerprint density at radius 3 is 2.75 bits per heavy atom. The third-order valence-electron chi connectivity index (χ3n) is 8.76. The van der Waals surface area contributed by atoms with Crippen molar-refractivity contribution in [3.63, 3.8) is 0 Å². The fourth-order valence-corrected chi connectivity index (χ4v) is 6.63. The highest BCUT2D eigenvalue weighted by molar-refractivity contribution is 6.29. The molecule has 4 heterocycles. The third-order valence-corrected chi connectivity index (χ3v) is 8.99. The molecule has 4 aliphatic heterocycles. The van der Waals surface area contributed by atoms with Gasteiger partial charge in [0, 0.05) is 62.3 Å². The molecule has 1 amide bonds. The zero-order valence-corrected chi connectivity index (χ0v) is 22.9. The minimum absolute atomic E-state index is 0.0900. The van der Waals surface area contributed by atoms with Crippen molar-refractivity contribution in [3.8, 4) is 0 Å². The number of β-amino-alcohol motifs (C(OH)–C–C–N with tert-alkyl or cyclic N) is 1. The molecule has 3 unspecified atom stereocenters. The number of likely N-dealkylation sites (N-methyl/N-ethyl adjacent to an activating group) is 1. The van der Waals surface area contributed by atoms with Gasteiger partial charge in [0.25, 0.3) is 0 Å². The van der Waals surface area contributed by atoms with Crippen molar-refractivity contribution in [2.75, 3.05) is 46.8 Å². The molecule has 36 heavy (non-hydrogen) atoms. The molecular weight excluding hydrogens is 478 g/mol. The molecule has 4 rings (SSSR count). The predicted molar refractivity (Wildman–Crippen MR) is 143 cm³/mol. The molecule has 9 nitrogen and oxygen atoms in total. The number of carbonyl (C=O) groups is 1. The highest BCUT2D eigenvalue weighted by atomic mass is 35.5. The smallest absolute Gasteiger partial charge is 0.232 e. The van der Waals surface area contributed by atoms with Gasteiger partial charge in [-0.3, -0.25) is 4.79 Å². The van der Waals surface area contributed by atoms with Crippen LogP contribution in [-0.4, -0.2) is 92.0 Å². The van der Waals surface area contributed by atoms with Gasteiger partial charge in [-0.05, 0) is 39.8 Å². The maximum Gasteiger partial charge on any atom is 0.232 e. The van der Waals surface area contributed by atoms with Gasteiger partial charge in [0.15, 0.2) is 0 Å². The van der Waals surface area contributed by atoms with Crippen molar-refractivity contribution in [1.29, 1.82) is 0 Å². The van der Waals surface area contributed by atoms with E-state index in [2.05, 4.69) is 50.6 Å².